The van der Waals surface area contributed by atoms with Crippen molar-refractivity contribution in [3.63, 3.8) is 0 Å². The Bertz CT molecular complexity index is 945. The van der Waals surface area contributed by atoms with Crippen molar-refractivity contribution in [1.82, 2.24) is 4.90 Å². The maximum atomic E-state index is 10.8. The van der Waals surface area contributed by atoms with Crippen LogP contribution in [-0.4, -0.2) is 40.4 Å². The normalized spacial score (nSPS) is 17.0. The number of rotatable bonds is 8. The molecule has 0 fully saturated rings. The third kappa shape index (κ3) is 5.87. The molecule has 2 atom stereocenters. The lowest BCUT2D eigenvalue weighted by Gasteiger charge is -2.33. The predicted octanol–water partition coefficient (Wildman–Crippen LogP) is 4.58. The van der Waals surface area contributed by atoms with Gasteiger partial charge < -0.3 is 14.9 Å². The molecule has 3 aromatic rings. The second-order valence-electron chi connectivity index (χ2n) is 8.36. The topological polar surface area (TPSA) is 52.9 Å². The van der Waals surface area contributed by atoms with Crippen molar-refractivity contribution >= 4 is 0 Å². The number of hydrogen-bond acceptors (Lipinski definition) is 4. The van der Waals surface area contributed by atoms with Gasteiger partial charge in [-0.1, -0.05) is 60.7 Å². The van der Waals surface area contributed by atoms with Gasteiger partial charge in [0, 0.05) is 19.1 Å². The van der Waals surface area contributed by atoms with Gasteiger partial charge in [0.05, 0.1) is 0 Å². The van der Waals surface area contributed by atoms with Crippen LogP contribution in [0.3, 0.4) is 0 Å². The Morgan fingerprint density at radius 3 is 2.45 bits per heavy atom. The van der Waals surface area contributed by atoms with Gasteiger partial charge in [-0.3, -0.25) is 4.90 Å². The molecular weight excluding hydrogens is 386 g/mol. The van der Waals surface area contributed by atoms with Crippen LogP contribution in [-0.2, 0) is 19.4 Å². The second kappa shape index (κ2) is 10.5. The van der Waals surface area contributed by atoms with E-state index in [2.05, 4.69) is 35.2 Å². The average molecular weight is 418 g/mol. The van der Waals surface area contributed by atoms with Crippen molar-refractivity contribution in [2.75, 3.05) is 13.2 Å². The van der Waals surface area contributed by atoms with Crippen molar-refractivity contribution in [3.8, 4) is 11.5 Å². The third-order valence-corrected chi connectivity index (χ3v) is 6.04. The summed E-state index contributed by atoms with van der Waals surface area (Å²) < 4.78 is 5.79. The minimum atomic E-state index is -0.587. The SMILES string of the molecule is Oc1cccc2c1CCCC(N(Cc1ccccc1)C[C@H](O)COc1ccccc1)C2. The molecule has 1 unspecified atom stereocenters. The van der Waals surface area contributed by atoms with Gasteiger partial charge in [0.25, 0.3) is 0 Å². The van der Waals surface area contributed by atoms with E-state index in [1.165, 1.54) is 11.1 Å². The number of aliphatic hydroxyl groups excluding tert-OH is 1. The number of hydrogen-bond donors (Lipinski definition) is 2. The molecule has 162 valence electrons. The van der Waals surface area contributed by atoms with Gasteiger partial charge in [-0.05, 0) is 60.6 Å². The number of aromatic hydroxyl groups is 1. The highest BCUT2D eigenvalue weighted by Gasteiger charge is 2.26. The molecule has 0 aromatic heterocycles. The Morgan fingerprint density at radius 1 is 0.935 bits per heavy atom. The van der Waals surface area contributed by atoms with Crippen molar-refractivity contribution in [1.29, 1.82) is 0 Å². The van der Waals surface area contributed by atoms with Crippen molar-refractivity contribution in [2.45, 2.75) is 44.4 Å². The van der Waals surface area contributed by atoms with Gasteiger partial charge >= 0.3 is 0 Å². The molecule has 1 aliphatic carbocycles. The number of para-hydroxylation sites is 1. The van der Waals surface area contributed by atoms with Crippen LogP contribution < -0.4 is 4.74 Å². The van der Waals surface area contributed by atoms with Crippen LogP contribution in [0.5, 0.6) is 11.5 Å². The standard InChI is InChI=1S/C27H31NO3/c29-24(20-31-25-13-5-2-6-14-25)19-28(18-21-9-3-1-4-10-21)23-12-8-15-26-22(17-23)11-7-16-27(26)30/h1-7,9-11,13-14,16,23-24,29-30H,8,12,15,17-20H2/t23?,24-/m0/s1. The fourth-order valence-electron chi connectivity index (χ4n) is 4.48. The molecule has 0 radical (unpaired) electrons. The van der Waals surface area contributed by atoms with Crippen LogP contribution in [0.4, 0.5) is 0 Å². The van der Waals surface area contributed by atoms with E-state index in [0.717, 1.165) is 43.5 Å². The van der Waals surface area contributed by atoms with Crippen LogP contribution in [0.2, 0.25) is 0 Å². The third-order valence-electron chi connectivity index (χ3n) is 6.04. The fraction of sp³-hybridized carbons (Fsp3) is 0.333. The van der Waals surface area contributed by atoms with E-state index in [4.69, 9.17) is 4.74 Å². The van der Waals surface area contributed by atoms with Crippen LogP contribution in [0.25, 0.3) is 0 Å². The molecule has 31 heavy (non-hydrogen) atoms. The van der Waals surface area contributed by atoms with E-state index in [1.807, 2.05) is 42.5 Å². The molecule has 2 N–H and O–H groups in total. The predicted molar refractivity (Wildman–Crippen MR) is 123 cm³/mol. The number of aliphatic hydroxyl groups is 1. The monoisotopic (exact) mass is 417 g/mol. The molecule has 4 nitrogen and oxygen atoms in total. The van der Waals surface area contributed by atoms with Gasteiger partial charge in [0.1, 0.15) is 24.2 Å². The number of nitrogens with zero attached hydrogens (tertiary/aromatic N) is 1. The van der Waals surface area contributed by atoms with Crippen molar-refractivity contribution < 1.29 is 14.9 Å². The Hall–Kier alpha value is -2.82. The second-order valence-corrected chi connectivity index (χ2v) is 8.36. The first-order chi connectivity index (χ1) is 15.2. The maximum Gasteiger partial charge on any atom is 0.119 e. The van der Waals surface area contributed by atoms with Crippen molar-refractivity contribution in [2.24, 2.45) is 0 Å². The Morgan fingerprint density at radius 2 is 1.68 bits per heavy atom. The molecule has 0 saturated carbocycles. The van der Waals surface area contributed by atoms with Crippen LogP contribution in [0.1, 0.15) is 29.5 Å². The zero-order valence-corrected chi connectivity index (χ0v) is 17.9. The summed E-state index contributed by atoms with van der Waals surface area (Å²) >= 11 is 0. The highest BCUT2D eigenvalue weighted by atomic mass is 16.5. The van der Waals surface area contributed by atoms with E-state index in [0.29, 0.717) is 18.3 Å². The molecule has 3 aromatic carbocycles. The molecule has 4 rings (SSSR count). The lowest BCUT2D eigenvalue weighted by molar-refractivity contribution is 0.0463. The Kier molecular flexibility index (Phi) is 7.23. The Balaban J connectivity index is 1.48. The molecule has 0 saturated heterocycles. The summed E-state index contributed by atoms with van der Waals surface area (Å²) in [5, 5.41) is 21.1. The molecule has 4 heteroatoms. The van der Waals surface area contributed by atoms with Gasteiger partial charge in [-0.2, -0.15) is 0 Å². The molecular formula is C27H31NO3. The van der Waals surface area contributed by atoms with Crippen LogP contribution in [0, 0.1) is 0 Å². The highest BCUT2D eigenvalue weighted by Crippen LogP contribution is 2.30. The number of ether oxygens (including phenoxy) is 1. The van der Waals surface area contributed by atoms with E-state index in [-0.39, 0.29) is 6.61 Å². The summed E-state index contributed by atoms with van der Waals surface area (Å²) in [6.45, 7) is 1.59. The summed E-state index contributed by atoms with van der Waals surface area (Å²) in [7, 11) is 0. The lowest BCUT2D eigenvalue weighted by Crippen LogP contribution is -2.42. The largest absolute Gasteiger partial charge is 0.508 e. The summed E-state index contributed by atoms with van der Waals surface area (Å²) in [4.78, 5) is 2.38. The smallest absolute Gasteiger partial charge is 0.119 e. The molecule has 0 bridgehead atoms. The number of fused-ring (bicyclic) bond motifs is 1. The summed E-state index contributed by atoms with van der Waals surface area (Å²) in [5.41, 5.74) is 3.53. The first-order valence-corrected chi connectivity index (χ1v) is 11.1. The highest BCUT2D eigenvalue weighted by molar-refractivity contribution is 5.40. The van der Waals surface area contributed by atoms with Gasteiger partial charge in [-0.25, -0.2) is 0 Å². The maximum absolute atomic E-state index is 10.8. The molecule has 0 amide bonds. The van der Waals surface area contributed by atoms with E-state index in [1.54, 1.807) is 6.07 Å². The summed E-state index contributed by atoms with van der Waals surface area (Å²) in [6.07, 6.45) is 3.25. The number of benzene rings is 3. The van der Waals surface area contributed by atoms with Crippen molar-refractivity contribution in [3.05, 3.63) is 95.6 Å². The number of phenols is 1. The molecule has 0 heterocycles. The quantitative estimate of drug-likeness (QED) is 0.527. The molecule has 0 spiro atoms. The van der Waals surface area contributed by atoms with Crippen LogP contribution in [0.15, 0.2) is 78.9 Å². The summed E-state index contributed by atoms with van der Waals surface area (Å²) in [6, 6.07) is 26.2. The van der Waals surface area contributed by atoms with Gasteiger partial charge in [-0.15, -0.1) is 0 Å². The first-order valence-electron chi connectivity index (χ1n) is 11.1. The fourth-order valence-corrected chi connectivity index (χ4v) is 4.48. The van der Waals surface area contributed by atoms with E-state index >= 15 is 0 Å². The average Bonchev–Trinajstić information content (AvgIpc) is 3.02. The molecule has 0 aliphatic heterocycles. The van der Waals surface area contributed by atoms with Gasteiger partial charge in [0.2, 0.25) is 0 Å². The number of phenolic OH excluding ortho intramolecular Hbond substituents is 1. The minimum Gasteiger partial charge on any atom is -0.508 e. The summed E-state index contributed by atoms with van der Waals surface area (Å²) in [5.74, 6) is 1.18. The van der Waals surface area contributed by atoms with Gasteiger partial charge in [0.15, 0.2) is 0 Å². The van der Waals surface area contributed by atoms with E-state index in [9.17, 15) is 10.2 Å². The van der Waals surface area contributed by atoms with E-state index < -0.39 is 6.10 Å². The minimum absolute atomic E-state index is 0.263. The zero-order valence-electron chi connectivity index (χ0n) is 17.9. The molecule has 1 aliphatic rings. The Labute approximate surface area is 184 Å². The first kappa shape index (κ1) is 21.4. The zero-order chi connectivity index (χ0) is 21.5. The van der Waals surface area contributed by atoms with Crippen LogP contribution >= 0.6 is 0 Å². The lowest BCUT2D eigenvalue weighted by atomic mass is 9.99.